The van der Waals surface area contributed by atoms with Crippen LogP contribution in [0.5, 0.6) is 0 Å². The Bertz CT molecular complexity index is 208. The van der Waals surface area contributed by atoms with Gasteiger partial charge in [0.25, 0.3) is 0 Å². The first-order chi connectivity index (χ1) is 4.59. The Hall–Kier alpha value is -0.270. The summed E-state index contributed by atoms with van der Waals surface area (Å²) < 4.78 is 0.394. The van der Waals surface area contributed by atoms with E-state index < -0.39 is 5.97 Å². The molecule has 0 rings (SSSR count). The molecule has 2 nitrogen and oxygen atoms in total. The third kappa shape index (κ3) is 3.04. The highest BCUT2D eigenvalue weighted by Gasteiger charge is 2.08. The SMILES string of the molecule is C#CCC(C(=O)O)=C(Br)Br. The minimum Gasteiger partial charge on any atom is -0.478 e. The van der Waals surface area contributed by atoms with Crippen molar-refractivity contribution in [1.82, 2.24) is 0 Å². The molecule has 0 aliphatic heterocycles. The molecule has 0 saturated carbocycles. The molecular formula is C6H4Br2O2. The Morgan fingerprint density at radius 1 is 1.60 bits per heavy atom. The third-order valence-electron chi connectivity index (χ3n) is 0.765. The van der Waals surface area contributed by atoms with E-state index in [9.17, 15) is 4.79 Å². The normalized spacial score (nSPS) is 8.10. The number of carbonyl (C=O) groups is 1. The van der Waals surface area contributed by atoms with E-state index in [1.807, 2.05) is 0 Å². The number of hydrogen-bond donors (Lipinski definition) is 1. The van der Waals surface area contributed by atoms with Crippen molar-refractivity contribution in [3.8, 4) is 12.3 Å². The van der Waals surface area contributed by atoms with Crippen molar-refractivity contribution in [2.24, 2.45) is 0 Å². The number of halogens is 2. The van der Waals surface area contributed by atoms with Gasteiger partial charge in [-0.1, -0.05) is 0 Å². The highest BCUT2D eigenvalue weighted by atomic mass is 79.9. The fourth-order valence-electron chi connectivity index (χ4n) is 0.325. The standard InChI is InChI=1S/C6H4Br2O2/c1-2-3-4(5(7)8)6(9)10/h1H,3H2,(H,9,10). The van der Waals surface area contributed by atoms with E-state index in [0.29, 0.717) is 3.39 Å². The molecule has 0 unspecified atom stereocenters. The smallest absolute Gasteiger partial charge is 0.334 e. The Balaban J connectivity index is 4.48. The van der Waals surface area contributed by atoms with Gasteiger partial charge in [-0.05, 0) is 31.9 Å². The number of rotatable bonds is 2. The van der Waals surface area contributed by atoms with E-state index in [-0.39, 0.29) is 12.0 Å². The maximum Gasteiger partial charge on any atom is 0.334 e. The van der Waals surface area contributed by atoms with Gasteiger partial charge in [0.05, 0.1) is 8.96 Å². The molecule has 0 aliphatic rings. The molecule has 1 N–H and O–H groups in total. The average Bonchev–Trinajstić information content (AvgIpc) is 1.81. The molecule has 54 valence electrons. The van der Waals surface area contributed by atoms with Crippen molar-refractivity contribution in [3.05, 3.63) is 8.96 Å². The quantitative estimate of drug-likeness (QED) is 0.615. The molecule has 0 spiro atoms. The van der Waals surface area contributed by atoms with Crippen molar-refractivity contribution in [2.45, 2.75) is 6.42 Å². The largest absolute Gasteiger partial charge is 0.478 e. The van der Waals surface area contributed by atoms with E-state index in [1.165, 1.54) is 0 Å². The van der Waals surface area contributed by atoms with Crippen LogP contribution >= 0.6 is 31.9 Å². The molecular weight excluding hydrogens is 264 g/mol. The minimum atomic E-state index is -1.01. The summed E-state index contributed by atoms with van der Waals surface area (Å²) in [7, 11) is 0. The number of terminal acetylenes is 1. The minimum absolute atomic E-state index is 0.112. The molecule has 0 atom stereocenters. The topological polar surface area (TPSA) is 37.3 Å². The van der Waals surface area contributed by atoms with Gasteiger partial charge in [-0.15, -0.1) is 12.3 Å². The summed E-state index contributed by atoms with van der Waals surface area (Å²) in [4.78, 5) is 10.3. The first-order valence-corrected chi connectivity index (χ1v) is 3.89. The molecule has 0 bridgehead atoms. The second-order valence-corrected chi connectivity index (χ2v) is 4.08. The molecule has 0 heterocycles. The Morgan fingerprint density at radius 2 is 2.10 bits per heavy atom. The van der Waals surface area contributed by atoms with Gasteiger partial charge in [-0.2, -0.15) is 0 Å². The maximum atomic E-state index is 10.3. The summed E-state index contributed by atoms with van der Waals surface area (Å²) in [5.41, 5.74) is 0.155. The number of carboxylic acid groups (broad SMARTS) is 1. The molecule has 10 heavy (non-hydrogen) atoms. The molecule has 4 heteroatoms. The van der Waals surface area contributed by atoms with Gasteiger partial charge in [0.1, 0.15) is 0 Å². The van der Waals surface area contributed by atoms with Crippen LogP contribution in [0.1, 0.15) is 6.42 Å². The second-order valence-electron chi connectivity index (χ2n) is 1.43. The second kappa shape index (κ2) is 4.53. The summed E-state index contributed by atoms with van der Waals surface area (Å²) >= 11 is 5.92. The van der Waals surface area contributed by atoms with E-state index in [4.69, 9.17) is 11.5 Å². The first kappa shape index (κ1) is 9.73. The van der Waals surface area contributed by atoms with E-state index in [2.05, 4.69) is 37.8 Å². The predicted octanol–water partition coefficient (Wildman–Crippen LogP) is 2.10. The first-order valence-electron chi connectivity index (χ1n) is 2.30. The molecule has 0 fully saturated rings. The molecule has 0 amide bonds. The van der Waals surface area contributed by atoms with Gasteiger partial charge in [0.2, 0.25) is 0 Å². The maximum absolute atomic E-state index is 10.3. The van der Waals surface area contributed by atoms with Crippen LogP contribution in [-0.4, -0.2) is 11.1 Å². The van der Waals surface area contributed by atoms with Gasteiger partial charge >= 0.3 is 5.97 Å². The fourth-order valence-corrected chi connectivity index (χ4v) is 0.945. The van der Waals surface area contributed by atoms with Crippen molar-refractivity contribution >= 4 is 37.8 Å². The molecule has 0 aliphatic carbocycles. The van der Waals surface area contributed by atoms with Gasteiger partial charge < -0.3 is 5.11 Å². The zero-order valence-electron chi connectivity index (χ0n) is 4.90. The Labute approximate surface area is 75.6 Å². The summed E-state index contributed by atoms with van der Waals surface area (Å²) in [5.74, 6) is 1.22. The number of hydrogen-bond acceptors (Lipinski definition) is 1. The molecule has 0 aromatic rings. The lowest BCUT2D eigenvalue weighted by Gasteiger charge is -1.94. The number of carboxylic acids is 1. The average molecular weight is 268 g/mol. The van der Waals surface area contributed by atoms with Crippen molar-refractivity contribution < 1.29 is 9.90 Å². The highest BCUT2D eigenvalue weighted by molar-refractivity contribution is 9.28. The van der Waals surface area contributed by atoms with Crippen LogP contribution in [0.25, 0.3) is 0 Å². The summed E-state index contributed by atoms with van der Waals surface area (Å²) in [6.45, 7) is 0. The monoisotopic (exact) mass is 266 g/mol. The van der Waals surface area contributed by atoms with Crippen molar-refractivity contribution in [2.75, 3.05) is 0 Å². The van der Waals surface area contributed by atoms with Gasteiger partial charge in [0, 0.05) is 6.42 Å². The summed E-state index contributed by atoms with van der Waals surface area (Å²) in [5, 5.41) is 8.46. The zero-order valence-corrected chi connectivity index (χ0v) is 8.07. The van der Waals surface area contributed by atoms with Crippen LogP contribution in [-0.2, 0) is 4.79 Å². The van der Waals surface area contributed by atoms with Gasteiger partial charge in [0.15, 0.2) is 0 Å². The van der Waals surface area contributed by atoms with E-state index >= 15 is 0 Å². The van der Waals surface area contributed by atoms with Crippen molar-refractivity contribution in [3.63, 3.8) is 0 Å². The summed E-state index contributed by atoms with van der Waals surface area (Å²) in [6.07, 6.45) is 5.03. The van der Waals surface area contributed by atoms with E-state index in [1.54, 1.807) is 0 Å². The molecule has 0 radical (unpaired) electrons. The Morgan fingerprint density at radius 3 is 2.20 bits per heavy atom. The molecule has 0 saturated heterocycles. The highest BCUT2D eigenvalue weighted by Crippen LogP contribution is 2.21. The predicted molar refractivity (Wildman–Crippen MR) is 46.0 cm³/mol. The lowest BCUT2D eigenvalue weighted by atomic mass is 10.2. The van der Waals surface area contributed by atoms with Crippen LogP contribution < -0.4 is 0 Å². The van der Waals surface area contributed by atoms with Gasteiger partial charge in [-0.3, -0.25) is 0 Å². The van der Waals surface area contributed by atoms with Gasteiger partial charge in [-0.25, -0.2) is 4.79 Å². The molecule has 0 aromatic carbocycles. The number of aliphatic carboxylic acids is 1. The molecule has 0 aromatic heterocycles. The fraction of sp³-hybridized carbons (Fsp3) is 0.167. The zero-order chi connectivity index (χ0) is 8.15. The van der Waals surface area contributed by atoms with Crippen LogP contribution in [0.15, 0.2) is 8.96 Å². The van der Waals surface area contributed by atoms with Crippen LogP contribution in [0.4, 0.5) is 0 Å². The Kier molecular flexibility index (Phi) is 4.41. The summed E-state index contributed by atoms with van der Waals surface area (Å²) in [6, 6.07) is 0. The lowest BCUT2D eigenvalue weighted by molar-refractivity contribution is -0.132. The van der Waals surface area contributed by atoms with Crippen LogP contribution in [0, 0.1) is 12.3 Å². The van der Waals surface area contributed by atoms with Crippen LogP contribution in [0.2, 0.25) is 0 Å². The van der Waals surface area contributed by atoms with Crippen LogP contribution in [0.3, 0.4) is 0 Å². The third-order valence-corrected chi connectivity index (χ3v) is 1.72. The lowest BCUT2D eigenvalue weighted by Crippen LogP contribution is -1.99. The van der Waals surface area contributed by atoms with E-state index in [0.717, 1.165) is 0 Å². The van der Waals surface area contributed by atoms with Crippen molar-refractivity contribution in [1.29, 1.82) is 0 Å².